The molecule has 3 aromatic rings. The molecule has 0 saturated carbocycles. The predicted octanol–water partition coefficient (Wildman–Crippen LogP) is 3.25. The van der Waals surface area contributed by atoms with Crippen LogP contribution < -0.4 is 29.1 Å². The highest BCUT2D eigenvalue weighted by Crippen LogP contribution is 2.36. The van der Waals surface area contributed by atoms with Gasteiger partial charge >= 0.3 is 5.97 Å². The summed E-state index contributed by atoms with van der Waals surface area (Å²) in [5.41, 5.74) is 1.57. The van der Waals surface area contributed by atoms with Crippen LogP contribution >= 0.6 is 11.3 Å². The number of aromatic nitrogens is 1. The summed E-state index contributed by atoms with van der Waals surface area (Å²) in [5, 5.41) is 9.93. The molecule has 0 aliphatic carbocycles. The van der Waals surface area contributed by atoms with Crippen molar-refractivity contribution in [3.63, 3.8) is 0 Å². The van der Waals surface area contributed by atoms with Gasteiger partial charge in [-0.3, -0.25) is 9.36 Å². The van der Waals surface area contributed by atoms with Crippen LogP contribution in [0.3, 0.4) is 0 Å². The lowest BCUT2D eigenvalue weighted by Gasteiger charge is -2.25. The van der Waals surface area contributed by atoms with Crippen LogP contribution in [0.1, 0.15) is 24.1 Å². The van der Waals surface area contributed by atoms with E-state index in [4.69, 9.17) is 18.9 Å². The zero-order valence-corrected chi connectivity index (χ0v) is 22.6. The van der Waals surface area contributed by atoms with E-state index in [0.29, 0.717) is 37.7 Å². The fourth-order valence-corrected chi connectivity index (χ4v) is 5.21. The average molecular weight is 549 g/mol. The Labute approximate surface area is 228 Å². The van der Waals surface area contributed by atoms with E-state index in [1.807, 2.05) is 0 Å². The van der Waals surface area contributed by atoms with Gasteiger partial charge in [0.2, 0.25) is 0 Å². The molecule has 1 aliphatic heterocycles. The minimum atomic E-state index is -0.836. The summed E-state index contributed by atoms with van der Waals surface area (Å²) in [6.45, 7) is 9.27. The molecule has 1 aromatic heterocycles. The highest BCUT2D eigenvalue weighted by molar-refractivity contribution is 7.07. The molecule has 0 amide bonds. The van der Waals surface area contributed by atoms with Crippen LogP contribution in [-0.4, -0.2) is 43.1 Å². The minimum Gasteiger partial charge on any atom is -0.504 e. The predicted molar refractivity (Wildman–Crippen MR) is 148 cm³/mol. The lowest BCUT2D eigenvalue weighted by atomic mass is 9.95. The van der Waals surface area contributed by atoms with Gasteiger partial charge in [-0.2, -0.15) is 0 Å². The number of thiazole rings is 1. The first-order chi connectivity index (χ1) is 18.8. The van der Waals surface area contributed by atoms with Crippen LogP contribution in [0.4, 0.5) is 0 Å². The molecule has 39 heavy (non-hydrogen) atoms. The van der Waals surface area contributed by atoms with Crippen LogP contribution in [0.25, 0.3) is 6.08 Å². The zero-order valence-electron chi connectivity index (χ0n) is 21.8. The van der Waals surface area contributed by atoms with E-state index in [0.717, 1.165) is 0 Å². The standard InChI is InChI=1S/C29H28N2O7S/c1-6-12-37-21-11-9-19(16-23(21)36-5)26-25(28(34)38-13-7-2)17(3)30-29-31(26)27(33)24(39-29)15-18-8-10-20(32)22(14-18)35-4/h6-11,14-16,26,32H,1-2,12-13H2,3-5H3. The molecule has 0 radical (unpaired) electrons. The largest absolute Gasteiger partial charge is 0.504 e. The molecule has 0 saturated heterocycles. The van der Waals surface area contributed by atoms with Crippen molar-refractivity contribution in [2.24, 2.45) is 4.99 Å². The number of nitrogens with zero attached hydrogens (tertiary/aromatic N) is 2. The van der Waals surface area contributed by atoms with Crippen LogP contribution in [0.5, 0.6) is 23.0 Å². The van der Waals surface area contributed by atoms with Gasteiger partial charge in [-0.1, -0.05) is 48.8 Å². The third-order valence-electron chi connectivity index (χ3n) is 5.94. The fraction of sp³-hybridized carbons (Fsp3) is 0.207. The topological polar surface area (TPSA) is 109 Å². The lowest BCUT2D eigenvalue weighted by molar-refractivity contribution is -0.138. The SMILES string of the molecule is C=CCOC(=O)C1=C(C)N=c2sc(=Cc3ccc(O)c(OC)c3)c(=O)n2C1c1ccc(OCC=C)c(OC)c1. The minimum absolute atomic E-state index is 0.00704. The van der Waals surface area contributed by atoms with Crippen molar-refractivity contribution in [3.8, 4) is 23.0 Å². The quantitative estimate of drug-likeness (QED) is 0.306. The number of ether oxygens (including phenoxy) is 4. The number of esters is 1. The van der Waals surface area contributed by atoms with Gasteiger partial charge in [-0.05, 0) is 48.4 Å². The second-order valence-electron chi connectivity index (χ2n) is 8.41. The number of hydrogen-bond acceptors (Lipinski definition) is 9. The van der Waals surface area contributed by atoms with Crippen LogP contribution in [0.2, 0.25) is 0 Å². The number of phenols is 1. The summed E-state index contributed by atoms with van der Waals surface area (Å²) >= 11 is 1.19. The number of carbonyl (C=O) groups is 1. The number of methoxy groups -OCH3 is 2. The second-order valence-corrected chi connectivity index (χ2v) is 9.42. The van der Waals surface area contributed by atoms with E-state index in [1.54, 1.807) is 49.4 Å². The number of carbonyl (C=O) groups excluding carboxylic acids is 1. The number of hydrogen-bond donors (Lipinski definition) is 1. The molecule has 1 atom stereocenters. The van der Waals surface area contributed by atoms with Crippen molar-refractivity contribution in [1.29, 1.82) is 0 Å². The van der Waals surface area contributed by atoms with E-state index in [-0.39, 0.29) is 35.8 Å². The monoisotopic (exact) mass is 548 g/mol. The van der Waals surface area contributed by atoms with Gasteiger partial charge in [-0.15, -0.1) is 0 Å². The number of phenolic OH excluding ortho intramolecular Hbond substituents is 1. The van der Waals surface area contributed by atoms with Crippen LogP contribution in [0.15, 0.2) is 82.8 Å². The molecule has 4 rings (SSSR count). The maximum absolute atomic E-state index is 13.8. The molecule has 0 fully saturated rings. The van der Waals surface area contributed by atoms with Crippen molar-refractivity contribution >= 4 is 23.4 Å². The van der Waals surface area contributed by atoms with E-state index in [2.05, 4.69) is 18.2 Å². The van der Waals surface area contributed by atoms with E-state index in [1.165, 1.54) is 42.3 Å². The molecule has 1 aliphatic rings. The smallest absolute Gasteiger partial charge is 0.338 e. The highest BCUT2D eigenvalue weighted by Gasteiger charge is 2.34. The van der Waals surface area contributed by atoms with Gasteiger partial charge in [0.05, 0.1) is 36.1 Å². The summed E-state index contributed by atoms with van der Waals surface area (Å²) in [6, 6.07) is 9.17. The molecule has 1 unspecified atom stereocenters. The first-order valence-corrected chi connectivity index (χ1v) is 12.7. The van der Waals surface area contributed by atoms with Gasteiger partial charge in [0.1, 0.15) is 13.2 Å². The Morgan fingerprint density at radius 2 is 1.82 bits per heavy atom. The number of rotatable bonds is 10. The third-order valence-corrected chi connectivity index (χ3v) is 6.92. The number of benzene rings is 2. The third kappa shape index (κ3) is 5.51. The Balaban J connectivity index is 1.92. The normalized spacial score (nSPS) is 14.7. The molecule has 9 nitrogen and oxygen atoms in total. The van der Waals surface area contributed by atoms with Gasteiger partial charge in [0.15, 0.2) is 27.8 Å². The highest BCUT2D eigenvalue weighted by atomic mass is 32.1. The number of fused-ring (bicyclic) bond motifs is 1. The van der Waals surface area contributed by atoms with Gasteiger partial charge in [-0.25, -0.2) is 9.79 Å². The summed E-state index contributed by atoms with van der Waals surface area (Å²) in [4.78, 5) is 32.0. The molecule has 0 spiro atoms. The van der Waals surface area contributed by atoms with E-state index < -0.39 is 12.0 Å². The Hall–Kier alpha value is -4.57. The van der Waals surface area contributed by atoms with Crippen molar-refractivity contribution in [2.45, 2.75) is 13.0 Å². The molecular weight excluding hydrogens is 520 g/mol. The molecule has 0 bridgehead atoms. The van der Waals surface area contributed by atoms with Gasteiger partial charge in [0.25, 0.3) is 5.56 Å². The first-order valence-electron chi connectivity index (χ1n) is 11.9. The zero-order chi connectivity index (χ0) is 28.1. The molecule has 202 valence electrons. The second kappa shape index (κ2) is 11.9. The Morgan fingerprint density at radius 1 is 1.08 bits per heavy atom. The Bertz CT molecular complexity index is 1650. The van der Waals surface area contributed by atoms with Crippen LogP contribution in [-0.2, 0) is 9.53 Å². The van der Waals surface area contributed by atoms with Crippen molar-refractivity contribution < 1.29 is 28.8 Å². The van der Waals surface area contributed by atoms with Crippen molar-refractivity contribution in [3.05, 3.63) is 104 Å². The molecule has 2 heterocycles. The molecular formula is C29H28N2O7S. The van der Waals surface area contributed by atoms with Gasteiger partial charge in [0, 0.05) is 0 Å². The summed E-state index contributed by atoms with van der Waals surface area (Å²) in [5.74, 6) is 0.587. The maximum Gasteiger partial charge on any atom is 0.338 e. The van der Waals surface area contributed by atoms with Gasteiger partial charge < -0.3 is 24.1 Å². The maximum atomic E-state index is 13.8. The van der Waals surface area contributed by atoms with E-state index in [9.17, 15) is 14.7 Å². The Kier molecular flexibility index (Phi) is 8.36. The van der Waals surface area contributed by atoms with E-state index >= 15 is 0 Å². The lowest BCUT2D eigenvalue weighted by Crippen LogP contribution is -2.40. The summed E-state index contributed by atoms with van der Waals surface area (Å²) in [6.07, 6.45) is 4.78. The first kappa shape index (κ1) is 27.5. The summed E-state index contributed by atoms with van der Waals surface area (Å²) in [7, 11) is 2.96. The molecule has 10 heteroatoms. The van der Waals surface area contributed by atoms with Crippen molar-refractivity contribution in [1.82, 2.24) is 4.57 Å². The number of aromatic hydroxyl groups is 1. The summed E-state index contributed by atoms with van der Waals surface area (Å²) < 4.78 is 23.7. The fourth-order valence-electron chi connectivity index (χ4n) is 4.17. The van der Waals surface area contributed by atoms with Crippen molar-refractivity contribution in [2.75, 3.05) is 27.4 Å². The molecule has 2 aromatic carbocycles. The Morgan fingerprint density at radius 3 is 2.51 bits per heavy atom. The average Bonchev–Trinajstić information content (AvgIpc) is 3.24. The number of allylic oxidation sites excluding steroid dienone is 1. The molecule has 1 N–H and O–H groups in total. The van der Waals surface area contributed by atoms with Crippen LogP contribution in [0, 0.1) is 0 Å².